The van der Waals surface area contributed by atoms with Gasteiger partial charge in [-0.2, -0.15) is 0 Å². The predicted octanol–water partition coefficient (Wildman–Crippen LogP) is 7.77. The Balaban J connectivity index is 1.78. The Morgan fingerprint density at radius 2 is 0.851 bits per heavy atom. The van der Waals surface area contributed by atoms with Crippen molar-refractivity contribution < 1.29 is 73.8 Å². The van der Waals surface area contributed by atoms with E-state index >= 15 is 0 Å². The van der Waals surface area contributed by atoms with Crippen molar-refractivity contribution in [1.82, 2.24) is 0 Å². The lowest BCUT2D eigenvalue weighted by atomic mass is 9.98. The van der Waals surface area contributed by atoms with Crippen LogP contribution in [0.25, 0.3) is 0 Å². The number of unbranched alkanes of at least 4 members (excludes halogenated alkanes) is 26. The van der Waals surface area contributed by atoms with E-state index in [0.29, 0.717) is 12.8 Å². The number of rotatable bonds is 42. The molecule has 15 heteroatoms. The first-order valence-electron chi connectivity index (χ1n) is 26.8. The van der Waals surface area contributed by atoms with E-state index in [0.717, 1.165) is 44.9 Å². The Morgan fingerprint density at radius 1 is 0.463 bits per heavy atom. The maximum Gasteiger partial charge on any atom is 0.306 e. The van der Waals surface area contributed by atoms with Gasteiger partial charge in [0, 0.05) is 12.8 Å². The first-order chi connectivity index (χ1) is 32.5. The average Bonchev–Trinajstić information content (AvgIpc) is 3.32. The summed E-state index contributed by atoms with van der Waals surface area (Å²) in [6.45, 7) is 2.60. The molecule has 2 heterocycles. The van der Waals surface area contributed by atoms with E-state index < -0.39 is 92.7 Å². The highest BCUT2D eigenvalue weighted by Gasteiger charge is 2.47. The monoisotopic (exact) mass is 961 g/mol. The standard InChI is InChI=1S/C52H96O15/c1-3-5-7-9-11-13-15-17-18-19-20-21-22-23-25-27-29-31-33-35-44(55)65-40(37-62-43(54)34-32-30-28-26-24-16-14-12-10-8-6-4-2)38-63-51-50(61)48(59)46(57)42(67-51)39-64-52-49(60)47(58)45(56)41(36-53)66-52/h17-18,40-42,45-53,56-61H,3-16,19-39H2,1-2H3/b18-17+/t40-,41+,42+,45-,46-,47?,48?,49?,50?,51+,52+/m1/s1. The van der Waals surface area contributed by atoms with Gasteiger partial charge in [-0.3, -0.25) is 9.59 Å². The van der Waals surface area contributed by atoms with Crippen molar-refractivity contribution in [3.05, 3.63) is 12.2 Å². The highest BCUT2D eigenvalue weighted by atomic mass is 16.7. The van der Waals surface area contributed by atoms with E-state index in [4.69, 9.17) is 28.4 Å². The number of hydrogen-bond acceptors (Lipinski definition) is 15. The van der Waals surface area contributed by atoms with Crippen LogP contribution in [0.2, 0.25) is 0 Å². The van der Waals surface area contributed by atoms with Gasteiger partial charge in [0.1, 0.15) is 55.4 Å². The summed E-state index contributed by atoms with van der Waals surface area (Å²) in [7, 11) is 0. The molecule has 11 atom stereocenters. The summed E-state index contributed by atoms with van der Waals surface area (Å²) in [4.78, 5) is 25.8. The Bertz CT molecular complexity index is 1220. The normalized spacial score (nSPS) is 26.0. The van der Waals surface area contributed by atoms with Gasteiger partial charge in [0.15, 0.2) is 18.7 Å². The zero-order chi connectivity index (χ0) is 48.9. The van der Waals surface area contributed by atoms with Gasteiger partial charge < -0.3 is 64.2 Å². The fourth-order valence-electron chi connectivity index (χ4n) is 8.57. The van der Waals surface area contributed by atoms with Gasteiger partial charge >= 0.3 is 11.9 Å². The number of carbonyl (C=O) groups excluding carboxylic acids is 2. The molecule has 2 fully saturated rings. The van der Waals surface area contributed by atoms with Gasteiger partial charge in [0.25, 0.3) is 0 Å². The molecule has 15 nitrogen and oxygen atoms in total. The Hall–Kier alpha value is -1.76. The Kier molecular flexibility index (Phi) is 36.5. The number of allylic oxidation sites excluding steroid dienone is 2. The lowest BCUT2D eigenvalue weighted by Gasteiger charge is -2.42. The second-order valence-corrected chi connectivity index (χ2v) is 19.1. The third kappa shape index (κ3) is 28.0. The fourth-order valence-corrected chi connectivity index (χ4v) is 8.57. The molecule has 7 N–H and O–H groups in total. The van der Waals surface area contributed by atoms with Crippen molar-refractivity contribution in [2.45, 2.75) is 280 Å². The highest BCUT2D eigenvalue weighted by molar-refractivity contribution is 5.70. The molecule has 0 aromatic carbocycles. The molecule has 0 radical (unpaired) electrons. The van der Waals surface area contributed by atoms with Crippen molar-refractivity contribution in [2.24, 2.45) is 0 Å². The second-order valence-electron chi connectivity index (χ2n) is 19.1. The van der Waals surface area contributed by atoms with Crippen molar-refractivity contribution in [3.63, 3.8) is 0 Å². The summed E-state index contributed by atoms with van der Waals surface area (Å²) in [6, 6.07) is 0. The lowest BCUT2D eigenvalue weighted by Crippen LogP contribution is -2.61. The Morgan fingerprint density at radius 3 is 1.31 bits per heavy atom. The largest absolute Gasteiger partial charge is 0.462 e. The van der Waals surface area contributed by atoms with Crippen LogP contribution in [0.15, 0.2) is 12.2 Å². The van der Waals surface area contributed by atoms with Crippen LogP contribution in [-0.2, 0) is 38.0 Å². The van der Waals surface area contributed by atoms with E-state index in [-0.39, 0.29) is 26.1 Å². The molecule has 0 aliphatic carbocycles. The molecule has 0 saturated carbocycles. The first-order valence-corrected chi connectivity index (χ1v) is 26.8. The van der Waals surface area contributed by atoms with Gasteiger partial charge in [-0.05, 0) is 38.5 Å². The topological polar surface area (TPSA) is 231 Å². The number of carbonyl (C=O) groups is 2. The summed E-state index contributed by atoms with van der Waals surface area (Å²) in [5, 5.41) is 72.1. The van der Waals surface area contributed by atoms with Crippen LogP contribution in [0.1, 0.15) is 213 Å². The van der Waals surface area contributed by atoms with Gasteiger partial charge in [-0.25, -0.2) is 0 Å². The molecule has 0 aromatic rings. The van der Waals surface area contributed by atoms with E-state index in [1.54, 1.807) is 0 Å². The van der Waals surface area contributed by atoms with E-state index in [1.165, 1.54) is 128 Å². The maximum atomic E-state index is 13.0. The van der Waals surface area contributed by atoms with Gasteiger partial charge in [0.05, 0.1) is 19.8 Å². The number of hydrogen-bond donors (Lipinski definition) is 7. The number of ether oxygens (including phenoxy) is 6. The molecule has 394 valence electrons. The molecular formula is C52H96O15. The van der Waals surface area contributed by atoms with E-state index in [2.05, 4.69) is 26.0 Å². The summed E-state index contributed by atoms with van der Waals surface area (Å²) < 4.78 is 33.6. The van der Waals surface area contributed by atoms with Crippen molar-refractivity contribution >= 4 is 11.9 Å². The third-order valence-corrected chi connectivity index (χ3v) is 13.0. The van der Waals surface area contributed by atoms with Crippen LogP contribution >= 0.6 is 0 Å². The van der Waals surface area contributed by atoms with Crippen molar-refractivity contribution in [2.75, 3.05) is 26.4 Å². The summed E-state index contributed by atoms with van der Waals surface area (Å²) in [6.07, 6.45) is 22.4. The van der Waals surface area contributed by atoms with Gasteiger partial charge in [0.2, 0.25) is 0 Å². The zero-order valence-electron chi connectivity index (χ0n) is 41.7. The lowest BCUT2D eigenvalue weighted by molar-refractivity contribution is -0.332. The van der Waals surface area contributed by atoms with Crippen molar-refractivity contribution in [3.8, 4) is 0 Å². The molecule has 2 rings (SSSR count). The molecule has 0 bridgehead atoms. The quantitative estimate of drug-likeness (QED) is 0.0176. The molecule has 0 spiro atoms. The Labute approximate surface area is 403 Å². The average molecular weight is 961 g/mol. The van der Waals surface area contributed by atoms with E-state index in [9.17, 15) is 45.3 Å². The maximum absolute atomic E-state index is 13.0. The van der Waals surface area contributed by atoms with Gasteiger partial charge in [-0.1, -0.05) is 174 Å². The smallest absolute Gasteiger partial charge is 0.306 e. The molecule has 0 aromatic heterocycles. The first kappa shape index (κ1) is 61.4. The van der Waals surface area contributed by atoms with Crippen LogP contribution in [-0.4, -0.2) is 142 Å². The third-order valence-electron chi connectivity index (χ3n) is 13.0. The molecule has 0 amide bonds. The minimum atomic E-state index is -1.76. The summed E-state index contributed by atoms with van der Waals surface area (Å²) in [5.41, 5.74) is 0. The second kappa shape index (κ2) is 39.9. The number of aliphatic hydroxyl groups excluding tert-OH is 7. The summed E-state index contributed by atoms with van der Waals surface area (Å²) in [5.74, 6) is -0.917. The molecular weight excluding hydrogens is 865 g/mol. The zero-order valence-corrected chi connectivity index (χ0v) is 41.7. The van der Waals surface area contributed by atoms with Crippen molar-refractivity contribution in [1.29, 1.82) is 0 Å². The molecule has 4 unspecified atom stereocenters. The van der Waals surface area contributed by atoms with Crippen LogP contribution in [0.5, 0.6) is 0 Å². The van der Waals surface area contributed by atoms with E-state index in [1.807, 2.05) is 0 Å². The molecule has 2 saturated heterocycles. The van der Waals surface area contributed by atoms with Crippen LogP contribution in [0.4, 0.5) is 0 Å². The highest BCUT2D eigenvalue weighted by Crippen LogP contribution is 2.27. The molecule has 2 aliphatic rings. The number of esters is 2. The number of aliphatic hydroxyl groups is 7. The molecule has 2 aliphatic heterocycles. The SMILES string of the molecule is CCCCCCCC/C=C/CCCCCCCCCCCC(=O)O[C@H](COC(=O)CCCCCCCCCCCCCC)CO[C@H]1O[C@@H](CO[C@H]2O[C@@H](CO)[C@@H](O)C(O)C2O)[C@@H](O)C(O)C1O. The van der Waals surface area contributed by atoms with Crippen LogP contribution in [0, 0.1) is 0 Å². The van der Waals surface area contributed by atoms with Gasteiger partial charge in [-0.15, -0.1) is 0 Å². The summed E-state index contributed by atoms with van der Waals surface area (Å²) >= 11 is 0. The van der Waals surface area contributed by atoms with Crippen LogP contribution in [0.3, 0.4) is 0 Å². The fraction of sp³-hybridized carbons (Fsp3) is 0.923. The molecule has 67 heavy (non-hydrogen) atoms. The van der Waals surface area contributed by atoms with Crippen LogP contribution < -0.4 is 0 Å². The minimum absolute atomic E-state index is 0.167. The predicted molar refractivity (Wildman–Crippen MR) is 257 cm³/mol. The minimum Gasteiger partial charge on any atom is -0.462 e.